The van der Waals surface area contributed by atoms with Crippen LogP contribution in [0.2, 0.25) is 0 Å². The smallest absolute Gasteiger partial charge is 0.223 e. The third-order valence-corrected chi connectivity index (χ3v) is 4.78. The molecule has 0 aromatic carbocycles. The van der Waals surface area contributed by atoms with Crippen LogP contribution < -0.4 is 0 Å². The Morgan fingerprint density at radius 3 is 2.89 bits per heavy atom. The highest BCUT2D eigenvalue weighted by atomic mass is 32.1. The van der Waals surface area contributed by atoms with Gasteiger partial charge in [-0.3, -0.25) is 4.79 Å². The van der Waals surface area contributed by atoms with E-state index in [1.807, 2.05) is 4.90 Å². The zero-order valence-corrected chi connectivity index (χ0v) is 12.3. The summed E-state index contributed by atoms with van der Waals surface area (Å²) in [5.41, 5.74) is 0.234. The standard InChI is InChI=1S/C14H25NO2S/c1-2-8-17-12-4-3-7-15(10-12)13(16)9-14(11-18)5-6-14/h12,18H,2-11H2,1H3. The summed E-state index contributed by atoms with van der Waals surface area (Å²) in [6, 6.07) is 0. The maximum absolute atomic E-state index is 12.3. The number of nitrogens with zero attached hydrogens (tertiary/aromatic N) is 1. The number of piperidine rings is 1. The third-order valence-electron chi connectivity index (χ3n) is 4.11. The normalized spacial score (nSPS) is 26.1. The largest absolute Gasteiger partial charge is 0.376 e. The minimum Gasteiger partial charge on any atom is -0.376 e. The highest BCUT2D eigenvalue weighted by Crippen LogP contribution is 2.49. The average molecular weight is 271 g/mol. The Hall–Kier alpha value is -0.220. The number of ether oxygens (including phenoxy) is 1. The van der Waals surface area contributed by atoms with Crippen LogP contribution in [-0.4, -0.2) is 42.4 Å². The molecule has 1 amide bonds. The molecular weight excluding hydrogens is 246 g/mol. The summed E-state index contributed by atoms with van der Waals surface area (Å²) in [5.74, 6) is 1.16. The first-order valence-corrected chi connectivity index (χ1v) is 7.82. The zero-order valence-electron chi connectivity index (χ0n) is 11.4. The van der Waals surface area contributed by atoms with Crippen molar-refractivity contribution in [3.8, 4) is 0 Å². The molecule has 4 heteroatoms. The second kappa shape index (κ2) is 6.29. The first-order chi connectivity index (χ1) is 8.69. The Kier molecular flexibility index (Phi) is 4.96. The molecule has 3 nitrogen and oxygen atoms in total. The van der Waals surface area contributed by atoms with Crippen LogP contribution in [0.3, 0.4) is 0 Å². The van der Waals surface area contributed by atoms with Gasteiger partial charge < -0.3 is 9.64 Å². The predicted octanol–water partition coefficient (Wildman–Crippen LogP) is 2.50. The summed E-state index contributed by atoms with van der Waals surface area (Å²) >= 11 is 4.37. The molecule has 0 radical (unpaired) electrons. The van der Waals surface area contributed by atoms with Crippen LogP contribution in [-0.2, 0) is 9.53 Å². The SMILES string of the molecule is CCCOC1CCCN(C(=O)CC2(CS)CC2)C1. The summed E-state index contributed by atoms with van der Waals surface area (Å²) in [6.07, 6.45) is 6.52. The van der Waals surface area contributed by atoms with Gasteiger partial charge in [-0.1, -0.05) is 6.92 Å². The molecule has 1 aliphatic heterocycles. The number of hydrogen-bond acceptors (Lipinski definition) is 3. The van der Waals surface area contributed by atoms with E-state index in [-0.39, 0.29) is 11.5 Å². The molecule has 0 bridgehead atoms. The Morgan fingerprint density at radius 1 is 1.50 bits per heavy atom. The van der Waals surface area contributed by atoms with Crippen LogP contribution >= 0.6 is 12.6 Å². The van der Waals surface area contributed by atoms with Gasteiger partial charge in [0.1, 0.15) is 0 Å². The number of rotatable bonds is 6. The van der Waals surface area contributed by atoms with E-state index >= 15 is 0 Å². The van der Waals surface area contributed by atoms with Crippen molar-refractivity contribution in [1.82, 2.24) is 4.90 Å². The molecule has 1 heterocycles. The van der Waals surface area contributed by atoms with E-state index in [4.69, 9.17) is 4.74 Å². The fraction of sp³-hybridized carbons (Fsp3) is 0.929. The van der Waals surface area contributed by atoms with Gasteiger partial charge in [0.25, 0.3) is 0 Å². The van der Waals surface area contributed by atoms with Crippen molar-refractivity contribution in [1.29, 1.82) is 0 Å². The van der Waals surface area contributed by atoms with Crippen LogP contribution in [0.4, 0.5) is 0 Å². The monoisotopic (exact) mass is 271 g/mol. The highest BCUT2D eigenvalue weighted by Gasteiger charge is 2.44. The third kappa shape index (κ3) is 3.64. The minimum atomic E-state index is 0.234. The quantitative estimate of drug-likeness (QED) is 0.752. The molecule has 1 saturated heterocycles. The van der Waals surface area contributed by atoms with Crippen LogP contribution in [0.25, 0.3) is 0 Å². The van der Waals surface area contributed by atoms with Crippen molar-refractivity contribution in [2.45, 2.75) is 51.6 Å². The molecule has 1 saturated carbocycles. The number of carbonyl (C=O) groups is 1. The van der Waals surface area contributed by atoms with Gasteiger partial charge in [0.05, 0.1) is 6.10 Å². The molecular formula is C14H25NO2S. The summed E-state index contributed by atoms with van der Waals surface area (Å²) in [5, 5.41) is 0. The molecule has 2 aliphatic rings. The Bertz CT molecular complexity index is 292. The molecule has 0 spiro atoms. The van der Waals surface area contributed by atoms with Crippen molar-refractivity contribution < 1.29 is 9.53 Å². The fourth-order valence-electron chi connectivity index (χ4n) is 2.59. The highest BCUT2D eigenvalue weighted by molar-refractivity contribution is 7.80. The molecule has 2 fully saturated rings. The van der Waals surface area contributed by atoms with Crippen molar-refractivity contribution in [3.63, 3.8) is 0 Å². The van der Waals surface area contributed by atoms with Gasteiger partial charge in [-0.15, -0.1) is 0 Å². The Labute approximate surface area is 116 Å². The van der Waals surface area contributed by atoms with E-state index in [0.29, 0.717) is 12.3 Å². The lowest BCUT2D eigenvalue weighted by Gasteiger charge is -2.33. The molecule has 0 aromatic rings. The van der Waals surface area contributed by atoms with Crippen LogP contribution in [0.5, 0.6) is 0 Å². The van der Waals surface area contributed by atoms with Crippen LogP contribution in [0, 0.1) is 5.41 Å². The van der Waals surface area contributed by atoms with E-state index in [9.17, 15) is 4.79 Å². The lowest BCUT2D eigenvalue weighted by molar-refractivity contribution is -0.136. The average Bonchev–Trinajstić information content (AvgIpc) is 3.17. The van der Waals surface area contributed by atoms with Crippen LogP contribution in [0.15, 0.2) is 0 Å². The van der Waals surface area contributed by atoms with Gasteiger partial charge in [0.2, 0.25) is 5.91 Å². The minimum absolute atomic E-state index is 0.234. The molecule has 18 heavy (non-hydrogen) atoms. The molecule has 104 valence electrons. The van der Waals surface area contributed by atoms with E-state index in [0.717, 1.165) is 44.7 Å². The van der Waals surface area contributed by atoms with Gasteiger partial charge in [0, 0.05) is 26.1 Å². The van der Waals surface area contributed by atoms with Gasteiger partial charge in [-0.25, -0.2) is 0 Å². The number of amides is 1. The summed E-state index contributed by atoms with van der Waals surface area (Å²) in [7, 11) is 0. The zero-order chi connectivity index (χ0) is 13.0. The van der Waals surface area contributed by atoms with Crippen LogP contribution in [0.1, 0.15) is 45.4 Å². The van der Waals surface area contributed by atoms with E-state index in [1.54, 1.807) is 0 Å². The lowest BCUT2D eigenvalue weighted by atomic mass is 10.0. The van der Waals surface area contributed by atoms with E-state index < -0.39 is 0 Å². The summed E-state index contributed by atoms with van der Waals surface area (Å²) < 4.78 is 5.78. The van der Waals surface area contributed by atoms with Gasteiger partial charge in [0.15, 0.2) is 0 Å². The number of likely N-dealkylation sites (tertiary alicyclic amines) is 1. The fourth-order valence-corrected chi connectivity index (χ4v) is 3.01. The Balaban J connectivity index is 1.79. The summed E-state index contributed by atoms with van der Waals surface area (Å²) in [6.45, 7) is 4.64. The maximum atomic E-state index is 12.3. The number of hydrogen-bond donors (Lipinski definition) is 1. The molecule has 1 atom stereocenters. The van der Waals surface area contributed by atoms with Crippen molar-refractivity contribution in [2.75, 3.05) is 25.4 Å². The molecule has 1 aliphatic carbocycles. The van der Waals surface area contributed by atoms with Crippen molar-refractivity contribution in [3.05, 3.63) is 0 Å². The van der Waals surface area contributed by atoms with Gasteiger partial charge in [-0.05, 0) is 43.3 Å². The second-order valence-corrected chi connectivity index (χ2v) is 6.13. The number of carbonyl (C=O) groups excluding carboxylic acids is 1. The first-order valence-electron chi connectivity index (χ1n) is 7.19. The molecule has 2 rings (SSSR count). The Morgan fingerprint density at radius 2 is 2.28 bits per heavy atom. The van der Waals surface area contributed by atoms with Crippen molar-refractivity contribution >= 4 is 18.5 Å². The lowest BCUT2D eigenvalue weighted by Crippen LogP contribution is -2.44. The van der Waals surface area contributed by atoms with Gasteiger partial charge >= 0.3 is 0 Å². The predicted molar refractivity (Wildman–Crippen MR) is 76.0 cm³/mol. The van der Waals surface area contributed by atoms with E-state index in [2.05, 4.69) is 19.6 Å². The maximum Gasteiger partial charge on any atom is 0.223 e. The van der Waals surface area contributed by atoms with Gasteiger partial charge in [-0.2, -0.15) is 12.6 Å². The number of thiol groups is 1. The van der Waals surface area contributed by atoms with E-state index in [1.165, 1.54) is 12.8 Å². The topological polar surface area (TPSA) is 29.5 Å². The van der Waals surface area contributed by atoms with Crippen molar-refractivity contribution in [2.24, 2.45) is 5.41 Å². The second-order valence-electron chi connectivity index (χ2n) is 5.81. The molecule has 0 N–H and O–H groups in total. The molecule has 1 unspecified atom stereocenters. The molecule has 0 aromatic heterocycles. The first kappa shape index (κ1) is 14.2. The summed E-state index contributed by atoms with van der Waals surface area (Å²) in [4.78, 5) is 14.3.